The molecule has 4 rings (SSSR count). The van der Waals surface area contributed by atoms with E-state index in [-0.39, 0.29) is 5.82 Å². The Hall–Kier alpha value is -3.16. The molecule has 8 heteroatoms. The van der Waals surface area contributed by atoms with Gasteiger partial charge in [-0.1, -0.05) is 12.1 Å². The lowest BCUT2D eigenvalue weighted by molar-refractivity contribution is 0.461. The summed E-state index contributed by atoms with van der Waals surface area (Å²) in [6.45, 7) is 2.51. The smallest absolute Gasteiger partial charge is 0.191 e. The third-order valence-corrected chi connectivity index (χ3v) is 5.26. The number of anilines is 1. The van der Waals surface area contributed by atoms with E-state index in [0.717, 1.165) is 62.0 Å². The van der Waals surface area contributed by atoms with Crippen LogP contribution < -0.4 is 15.5 Å². The molecule has 0 unspecified atom stereocenters. The Kier molecular flexibility index (Phi) is 5.88. The van der Waals surface area contributed by atoms with Crippen molar-refractivity contribution in [3.63, 3.8) is 0 Å². The van der Waals surface area contributed by atoms with Gasteiger partial charge >= 0.3 is 0 Å². The van der Waals surface area contributed by atoms with E-state index >= 15 is 0 Å². The number of halogens is 1. The molecule has 1 fully saturated rings. The van der Waals surface area contributed by atoms with Crippen molar-refractivity contribution in [2.75, 3.05) is 31.6 Å². The van der Waals surface area contributed by atoms with E-state index in [1.54, 1.807) is 19.2 Å². The molecule has 1 aliphatic rings. The van der Waals surface area contributed by atoms with Gasteiger partial charge in [0, 0.05) is 51.0 Å². The number of hydrogen-bond acceptors (Lipinski definition) is 4. The summed E-state index contributed by atoms with van der Waals surface area (Å²) in [4.78, 5) is 6.57. The predicted octanol–water partition coefficient (Wildman–Crippen LogP) is 2.24. The SMILES string of the molecule is CN=C(NCCc1nnc2ccccn12)NC1CCN(c2cccc(F)c2)CC1. The van der Waals surface area contributed by atoms with E-state index in [1.165, 1.54) is 6.07 Å². The Morgan fingerprint density at radius 3 is 2.83 bits per heavy atom. The molecule has 2 N–H and O–H groups in total. The Morgan fingerprint density at radius 2 is 2.03 bits per heavy atom. The lowest BCUT2D eigenvalue weighted by Gasteiger charge is -2.34. The molecule has 2 aromatic heterocycles. The highest BCUT2D eigenvalue weighted by atomic mass is 19.1. The third kappa shape index (κ3) is 4.64. The van der Waals surface area contributed by atoms with Crippen LogP contribution in [0.4, 0.5) is 10.1 Å². The van der Waals surface area contributed by atoms with E-state index in [0.29, 0.717) is 6.04 Å². The zero-order valence-electron chi connectivity index (χ0n) is 16.6. The molecule has 152 valence electrons. The summed E-state index contributed by atoms with van der Waals surface area (Å²) in [5.74, 6) is 1.53. The Morgan fingerprint density at radius 1 is 1.17 bits per heavy atom. The molecule has 3 heterocycles. The molecule has 0 amide bonds. The maximum absolute atomic E-state index is 13.5. The Balaban J connectivity index is 1.24. The van der Waals surface area contributed by atoms with Gasteiger partial charge in [0.15, 0.2) is 11.6 Å². The molecule has 7 nitrogen and oxygen atoms in total. The van der Waals surface area contributed by atoms with Crippen LogP contribution in [0.2, 0.25) is 0 Å². The second-order valence-corrected chi connectivity index (χ2v) is 7.18. The highest BCUT2D eigenvalue weighted by molar-refractivity contribution is 5.80. The summed E-state index contributed by atoms with van der Waals surface area (Å²) in [5, 5.41) is 15.3. The van der Waals surface area contributed by atoms with Crippen molar-refractivity contribution in [2.24, 2.45) is 4.99 Å². The van der Waals surface area contributed by atoms with Crippen molar-refractivity contribution >= 4 is 17.3 Å². The first-order valence-corrected chi connectivity index (χ1v) is 9.99. The number of aromatic nitrogens is 3. The minimum atomic E-state index is -0.187. The molecule has 1 aromatic carbocycles. The van der Waals surface area contributed by atoms with Gasteiger partial charge in [-0.3, -0.25) is 9.39 Å². The monoisotopic (exact) mass is 395 g/mol. The summed E-state index contributed by atoms with van der Waals surface area (Å²) in [7, 11) is 1.78. The van der Waals surface area contributed by atoms with Crippen molar-refractivity contribution in [3.8, 4) is 0 Å². The number of piperidine rings is 1. The topological polar surface area (TPSA) is 69.8 Å². The summed E-state index contributed by atoms with van der Waals surface area (Å²) < 4.78 is 15.5. The molecular formula is C21H26FN7. The maximum atomic E-state index is 13.5. The normalized spacial score (nSPS) is 15.7. The van der Waals surface area contributed by atoms with Crippen LogP contribution in [0.15, 0.2) is 53.7 Å². The minimum absolute atomic E-state index is 0.187. The van der Waals surface area contributed by atoms with Gasteiger partial charge in [0.1, 0.15) is 11.6 Å². The van der Waals surface area contributed by atoms with Gasteiger partial charge in [-0.25, -0.2) is 4.39 Å². The minimum Gasteiger partial charge on any atom is -0.371 e. The molecule has 0 aliphatic carbocycles. The maximum Gasteiger partial charge on any atom is 0.191 e. The van der Waals surface area contributed by atoms with Crippen LogP contribution in [0.3, 0.4) is 0 Å². The molecule has 0 radical (unpaired) electrons. The van der Waals surface area contributed by atoms with E-state index < -0.39 is 0 Å². The third-order valence-electron chi connectivity index (χ3n) is 5.26. The first-order valence-electron chi connectivity index (χ1n) is 9.99. The number of aliphatic imine (C=N–C) groups is 1. The van der Waals surface area contributed by atoms with Crippen LogP contribution in [0.25, 0.3) is 5.65 Å². The van der Waals surface area contributed by atoms with Crippen molar-refractivity contribution in [3.05, 3.63) is 60.3 Å². The van der Waals surface area contributed by atoms with Gasteiger partial charge in [0.2, 0.25) is 0 Å². The van der Waals surface area contributed by atoms with Crippen LogP contribution in [0, 0.1) is 5.82 Å². The van der Waals surface area contributed by atoms with Crippen LogP contribution in [-0.4, -0.2) is 53.3 Å². The van der Waals surface area contributed by atoms with Crippen LogP contribution in [-0.2, 0) is 6.42 Å². The Bertz CT molecular complexity index is 976. The number of nitrogens with one attached hydrogen (secondary N) is 2. The highest BCUT2D eigenvalue weighted by Crippen LogP contribution is 2.20. The molecule has 0 atom stereocenters. The first kappa shape index (κ1) is 19.2. The van der Waals surface area contributed by atoms with Gasteiger partial charge in [0.25, 0.3) is 0 Å². The number of fused-ring (bicyclic) bond motifs is 1. The number of guanidine groups is 1. The van der Waals surface area contributed by atoms with Crippen molar-refractivity contribution in [1.29, 1.82) is 0 Å². The van der Waals surface area contributed by atoms with Crippen molar-refractivity contribution < 1.29 is 4.39 Å². The van der Waals surface area contributed by atoms with Gasteiger partial charge in [-0.15, -0.1) is 10.2 Å². The van der Waals surface area contributed by atoms with Gasteiger partial charge in [0.05, 0.1) is 0 Å². The number of benzene rings is 1. The fourth-order valence-electron chi connectivity index (χ4n) is 3.70. The van der Waals surface area contributed by atoms with Crippen LogP contribution >= 0.6 is 0 Å². The zero-order valence-corrected chi connectivity index (χ0v) is 16.6. The number of nitrogens with zero attached hydrogens (tertiary/aromatic N) is 5. The summed E-state index contributed by atoms with van der Waals surface area (Å²) in [6, 6.07) is 13.0. The molecule has 1 saturated heterocycles. The van der Waals surface area contributed by atoms with Crippen LogP contribution in [0.5, 0.6) is 0 Å². The summed E-state index contributed by atoms with van der Waals surface area (Å²) in [5.41, 5.74) is 1.81. The molecular weight excluding hydrogens is 369 g/mol. The van der Waals surface area contributed by atoms with Gasteiger partial charge in [-0.05, 0) is 43.2 Å². The highest BCUT2D eigenvalue weighted by Gasteiger charge is 2.20. The molecule has 1 aliphatic heterocycles. The number of pyridine rings is 1. The quantitative estimate of drug-likeness (QED) is 0.512. The second-order valence-electron chi connectivity index (χ2n) is 7.18. The molecule has 0 saturated carbocycles. The first-order chi connectivity index (χ1) is 14.2. The molecule has 3 aromatic rings. The van der Waals surface area contributed by atoms with E-state index in [9.17, 15) is 4.39 Å². The Labute approximate surface area is 169 Å². The van der Waals surface area contributed by atoms with Gasteiger partial charge in [-0.2, -0.15) is 0 Å². The molecule has 0 bridgehead atoms. The zero-order chi connectivity index (χ0) is 20.1. The number of rotatable bonds is 5. The molecule has 29 heavy (non-hydrogen) atoms. The summed E-state index contributed by atoms with van der Waals surface area (Å²) in [6.07, 6.45) is 4.69. The standard InChI is InChI=1S/C21H26FN7/c1-23-21(24-11-8-20-27-26-19-7-2-3-12-29(19)20)25-17-9-13-28(14-10-17)18-6-4-5-16(22)15-18/h2-7,12,15,17H,8-11,13-14H2,1H3,(H2,23,24,25). The number of hydrogen-bond donors (Lipinski definition) is 2. The lowest BCUT2D eigenvalue weighted by Crippen LogP contribution is -2.49. The van der Waals surface area contributed by atoms with Crippen molar-refractivity contribution in [2.45, 2.75) is 25.3 Å². The average molecular weight is 395 g/mol. The van der Waals surface area contributed by atoms with E-state index in [2.05, 4.69) is 30.7 Å². The van der Waals surface area contributed by atoms with E-state index in [1.807, 2.05) is 34.9 Å². The second kappa shape index (κ2) is 8.89. The fraction of sp³-hybridized carbons (Fsp3) is 0.381. The predicted molar refractivity (Wildman–Crippen MR) is 113 cm³/mol. The average Bonchev–Trinajstić information content (AvgIpc) is 3.17. The summed E-state index contributed by atoms with van der Waals surface area (Å²) >= 11 is 0. The molecule has 0 spiro atoms. The fourth-order valence-corrected chi connectivity index (χ4v) is 3.70. The van der Waals surface area contributed by atoms with Crippen LogP contribution in [0.1, 0.15) is 18.7 Å². The van der Waals surface area contributed by atoms with Gasteiger partial charge < -0.3 is 15.5 Å². The largest absolute Gasteiger partial charge is 0.371 e. The lowest BCUT2D eigenvalue weighted by atomic mass is 10.0. The van der Waals surface area contributed by atoms with E-state index in [4.69, 9.17) is 0 Å². The van der Waals surface area contributed by atoms with Crippen molar-refractivity contribution in [1.82, 2.24) is 25.2 Å².